The first-order chi connectivity index (χ1) is 8.19. The Bertz CT molecular complexity index is 770. The van der Waals surface area contributed by atoms with Crippen molar-refractivity contribution in [3.05, 3.63) is 45.3 Å². The van der Waals surface area contributed by atoms with Gasteiger partial charge in [-0.3, -0.25) is 4.79 Å². The lowest BCUT2D eigenvalue weighted by molar-refractivity contribution is 1.05. The lowest BCUT2D eigenvalue weighted by atomic mass is 10.1. The summed E-state index contributed by atoms with van der Waals surface area (Å²) < 4.78 is 0. The first kappa shape index (κ1) is 10.4. The predicted molar refractivity (Wildman–Crippen MR) is 70.8 cm³/mol. The van der Waals surface area contributed by atoms with Crippen LogP contribution in [0.4, 0.5) is 0 Å². The second-order valence-electron chi connectivity index (χ2n) is 4.07. The van der Waals surface area contributed by atoms with Crippen LogP contribution >= 0.6 is 11.6 Å². The first-order valence-electron chi connectivity index (χ1n) is 5.52. The van der Waals surface area contributed by atoms with E-state index in [4.69, 9.17) is 11.6 Å². The number of hydrogen-bond donors (Lipinski definition) is 2. The second-order valence-corrected chi connectivity index (χ2v) is 4.48. The summed E-state index contributed by atoms with van der Waals surface area (Å²) in [7, 11) is 0. The van der Waals surface area contributed by atoms with Gasteiger partial charge in [-0.25, -0.2) is 0 Å². The van der Waals surface area contributed by atoms with E-state index in [0.29, 0.717) is 5.15 Å². The smallest absolute Gasteiger partial charge is 0.180 e. The van der Waals surface area contributed by atoms with E-state index in [0.717, 1.165) is 33.9 Å². The molecule has 0 bridgehead atoms. The van der Waals surface area contributed by atoms with Crippen LogP contribution in [0.1, 0.15) is 12.6 Å². The molecule has 0 unspecified atom stereocenters. The van der Waals surface area contributed by atoms with E-state index in [1.807, 2.05) is 12.1 Å². The molecule has 3 nitrogen and oxygen atoms in total. The van der Waals surface area contributed by atoms with Crippen LogP contribution in [-0.2, 0) is 6.42 Å². The fourth-order valence-electron chi connectivity index (χ4n) is 2.22. The molecule has 86 valence electrons. The average Bonchev–Trinajstić information content (AvgIpc) is 2.65. The van der Waals surface area contributed by atoms with Crippen molar-refractivity contribution in [2.24, 2.45) is 0 Å². The number of benzene rings is 1. The van der Waals surface area contributed by atoms with E-state index in [1.165, 1.54) is 0 Å². The number of aromatic nitrogens is 2. The van der Waals surface area contributed by atoms with Crippen LogP contribution in [0.15, 0.2) is 29.1 Å². The minimum absolute atomic E-state index is 0.0113. The van der Waals surface area contributed by atoms with Gasteiger partial charge in [0.05, 0.1) is 11.0 Å². The summed E-state index contributed by atoms with van der Waals surface area (Å²) in [6, 6.07) is 6.92. The second kappa shape index (κ2) is 3.64. The lowest BCUT2D eigenvalue weighted by Crippen LogP contribution is -1.93. The standard InChI is InChI=1S/C13H11ClN2O/c1-2-10-13-9(6-12(14)15-10)8-4-3-7(17)5-11(8)16-13/h3-6,15-16H,2H2,1H3. The van der Waals surface area contributed by atoms with Crippen LogP contribution in [0.3, 0.4) is 0 Å². The minimum atomic E-state index is 0.0113. The molecule has 0 saturated carbocycles. The summed E-state index contributed by atoms with van der Waals surface area (Å²) in [5.74, 6) is 0. The van der Waals surface area contributed by atoms with Gasteiger partial charge in [0.2, 0.25) is 0 Å². The van der Waals surface area contributed by atoms with Gasteiger partial charge in [0, 0.05) is 22.5 Å². The molecule has 0 saturated heterocycles. The quantitative estimate of drug-likeness (QED) is 0.637. The van der Waals surface area contributed by atoms with Gasteiger partial charge >= 0.3 is 0 Å². The van der Waals surface area contributed by atoms with Gasteiger partial charge in [-0.2, -0.15) is 0 Å². The Morgan fingerprint density at radius 3 is 2.76 bits per heavy atom. The highest BCUT2D eigenvalue weighted by Crippen LogP contribution is 2.28. The molecule has 3 rings (SSSR count). The van der Waals surface area contributed by atoms with Crippen molar-refractivity contribution < 1.29 is 0 Å². The Labute approximate surface area is 102 Å². The van der Waals surface area contributed by atoms with Crippen molar-refractivity contribution in [1.82, 2.24) is 9.97 Å². The van der Waals surface area contributed by atoms with Crippen molar-refractivity contribution in [2.75, 3.05) is 0 Å². The average molecular weight is 247 g/mol. The molecule has 0 aliphatic carbocycles. The van der Waals surface area contributed by atoms with Crippen molar-refractivity contribution in [3.8, 4) is 0 Å². The first-order valence-corrected chi connectivity index (χ1v) is 5.90. The molecule has 4 heteroatoms. The molecule has 0 aliphatic heterocycles. The fraction of sp³-hybridized carbons (Fsp3) is 0.154. The van der Waals surface area contributed by atoms with Crippen LogP contribution in [-0.4, -0.2) is 9.97 Å². The predicted octanol–water partition coefficient (Wildman–Crippen LogP) is 3.23. The Hall–Kier alpha value is -1.74. The van der Waals surface area contributed by atoms with E-state index in [-0.39, 0.29) is 5.43 Å². The summed E-state index contributed by atoms with van der Waals surface area (Å²) >= 11 is 6.06. The molecule has 17 heavy (non-hydrogen) atoms. The third-order valence-electron chi connectivity index (χ3n) is 3.01. The number of hydrogen-bond acceptors (Lipinski definition) is 1. The van der Waals surface area contributed by atoms with Gasteiger partial charge in [-0.05, 0) is 24.6 Å². The summed E-state index contributed by atoms with van der Waals surface area (Å²) in [4.78, 5) is 17.7. The highest BCUT2D eigenvalue weighted by Gasteiger charge is 2.09. The van der Waals surface area contributed by atoms with Gasteiger partial charge in [-0.1, -0.05) is 18.5 Å². The topological polar surface area (TPSA) is 48.6 Å². The van der Waals surface area contributed by atoms with Crippen molar-refractivity contribution >= 4 is 33.4 Å². The third-order valence-corrected chi connectivity index (χ3v) is 3.21. The Morgan fingerprint density at radius 2 is 2.00 bits per heavy atom. The van der Waals surface area contributed by atoms with Crippen LogP contribution in [0.2, 0.25) is 5.15 Å². The van der Waals surface area contributed by atoms with Gasteiger partial charge in [-0.15, -0.1) is 0 Å². The molecule has 0 fully saturated rings. The van der Waals surface area contributed by atoms with E-state index in [9.17, 15) is 4.79 Å². The maximum Gasteiger partial charge on any atom is 0.180 e. The fourth-order valence-corrected chi connectivity index (χ4v) is 2.44. The summed E-state index contributed by atoms with van der Waals surface area (Å²) in [5.41, 5.74) is 2.95. The van der Waals surface area contributed by atoms with E-state index >= 15 is 0 Å². The number of nitrogens with one attached hydrogen (secondary N) is 2. The molecule has 2 heterocycles. The zero-order valence-corrected chi connectivity index (χ0v) is 10.1. The van der Waals surface area contributed by atoms with Gasteiger partial charge in [0.1, 0.15) is 5.15 Å². The zero-order valence-electron chi connectivity index (χ0n) is 9.30. The molecule has 0 spiro atoms. The van der Waals surface area contributed by atoms with Crippen molar-refractivity contribution in [3.63, 3.8) is 0 Å². The molecule has 0 aliphatic rings. The zero-order chi connectivity index (χ0) is 12.0. The van der Waals surface area contributed by atoms with Crippen molar-refractivity contribution in [1.29, 1.82) is 0 Å². The molecule has 2 N–H and O–H groups in total. The SMILES string of the molecule is CCc1[nH]c(Cl)cc2c1[nH]c1cc(=O)ccc12. The highest BCUT2D eigenvalue weighted by atomic mass is 35.5. The highest BCUT2D eigenvalue weighted by molar-refractivity contribution is 6.30. The Morgan fingerprint density at radius 1 is 1.18 bits per heavy atom. The maximum atomic E-state index is 11.3. The summed E-state index contributed by atoms with van der Waals surface area (Å²) in [6.07, 6.45) is 0.855. The van der Waals surface area contributed by atoms with Crippen LogP contribution in [0, 0.1) is 0 Å². The molecule has 3 aromatic rings. The van der Waals surface area contributed by atoms with Gasteiger partial charge < -0.3 is 9.97 Å². The summed E-state index contributed by atoms with van der Waals surface area (Å²) in [5, 5.41) is 2.70. The monoisotopic (exact) mass is 246 g/mol. The normalized spacial score (nSPS) is 11.4. The number of pyridine rings is 1. The number of fused-ring (bicyclic) bond motifs is 3. The molecule has 0 amide bonds. The van der Waals surface area contributed by atoms with E-state index in [2.05, 4.69) is 16.9 Å². The molecular weight excluding hydrogens is 236 g/mol. The van der Waals surface area contributed by atoms with Crippen LogP contribution in [0.25, 0.3) is 21.8 Å². The number of aryl methyl sites for hydroxylation is 1. The molecule has 1 aromatic carbocycles. The van der Waals surface area contributed by atoms with Crippen LogP contribution < -0.4 is 5.43 Å². The molecule has 0 atom stereocenters. The third kappa shape index (κ3) is 1.54. The number of H-pyrrole nitrogens is 2. The molecule has 2 aromatic heterocycles. The largest absolute Gasteiger partial charge is 0.353 e. The van der Waals surface area contributed by atoms with Gasteiger partial charge in [0.25, 0.3) is 0 Å². The number of rotatable bonds is 1. The Kier molecular flexibility index (Phi) is 2.23. The maximum absolute atomic E-state index is 11.3. The van der Waals surface area contributed by atoms with Gasteiger partial charge in [0.15, 0.2) is 5.43 Å². The van der Waals surface area contributed by atoms with Crippen LogP contribution in [0.5, 0.6) is 0 Å². The minimum Gasteiger partial charge on any atom is -0.353 e. The molecule has 0 radical (unpaired) electrons. The summed E-state index contributed by atoms with van der Waals surface area (Å²) in [6.45, 7) is 2.06. The lowest BCUT2D eigenvalue weighted by Gasteiger charge is -2.01. The number of aromatic amines is 2. The Balaban J connectivity index is 2.55. The number of halogens is 1. The van der Waals surface area contributed by atoms with E-state index in [1.54, 1.807) is 12.1 Å². The van der Waals surface area contributed by atoms with E-state index < -0.39 is 0 Å². The van der Waals surface area contributed by atoms with Crippen molar-refractivity contribution in [2.45, 2.75) is 13.3 Å². The molecular formula is C13H11ClN2O.